The number of ether oxygens (including phenoxy) is 2. The number of fused-ring (bicyclic) bond motifs is 1. The Morgan fingerprint density at radius 2 is 1.69 bits per heavy atom. The van der Waals surface area contributed by atoms with Crippen molar-refractivity contribution in [3.63, 3.8) is 0 Å². The molecule has 2 aromatic rings. The van der Waals surface area contributed by atoms with Crippen LogP contribution in [0.2, 0.25) is 0 Å². The third-order valence-corrected chi connectivity index (χ3v) is 5.12. The molecular formula is C21H20F2N2O4. The van der Waals surface area contributed by atoms with Crippen LogP contribution in [0.3, 0.4) is 0 Å². The maximum absolute atomic E-state index is 13.9. The van der Waals surface area contributed by atoms with Crippen LogP contribution in [0.4, 0.5) is 14.5 Å². The van der Waals surface area contributed by atoms with Gasteiger partial charge in [0.2, 0.25) is 5.91 Å². The molecule has 0 aliphatic carbocycles. The van der Waals surface area contributed by atoms with E-state index in [1.54, 1.807) is 18.2 Å². The van der Waals surface area contributed by atoms with Gasteiger partial charge in [-0.2, -0.15) is 0 Å². The van der Waals surface area contributed by atoms with Gasteiger partial charge >= 0.3 is 0 Å². The minimum Gasteiger partial charge on any atom is -0.486 e. The van der Waals surface area contributed by atoms with E-state index in [0.717, 1.165) is 12.1 Å². The maximum Gasteiger partial charge on any atom is 0.256 e. The van der Waals surface area contributed by atoms with E-state index in [0.29, 0.717) is 62.4 Å². The van der Waals surface area contributed by atoms with Crippen molar-refractivity contribution in [1.29, 1.82) is 0 Å². The zero-order valence-corrected chi connectivity index (χ0v) is 15.6. The third kappa shape index (κ3) is 4.16. The summed E-state index contributed by atoms with van der Waals surface area (Å²) in [5, 5.41) is 2.87. The van der Waals surface area contributed by atoms with E-state index in [1.807, 2.05) is 0 Å². The third-order valence-electron chi connectivity index (χ3n) is 5.12. The van der Waals surface area contributed by atoms with Crippen molar-refractivity contribution in [2.75, 3.05) is 31.6 Å². The Labute approximate surface area is 166 Å². The number of piperidine rings is 1. The number of hydrogen-bond acceptors (Lipinski definition) is 4. The minimum absolute atomic E-state index is 0.137. The molecular weight excluding hydrogens is 382 g/mol. The maximum atomic E-state index is 13.9. The van der Waals surface area contributed by atoms with Crippen molar-refractivity contribution < 1.29 is 27.8 Å². The number of halogens is 2. The van der Waals surface area contributed by atoms with Gasteiger partial charge in [-0.05, 0) is 37.1 Å². The fourth-order valence-corrected chi connectivity index (χ4v) is 3.54. The average molecular weight is 402 g/mol. The summed E-state index contributed by atoms with van der Waals surface area (Å²) in [6, 6.07) is 8.13. The fourth-order valence-electron chi connectivity index (χ4n) is 3.54. The molecule has 2 heterocycles. The summed E-state index contributed by atoms with van der Waals surface area (Å²) in [5.74, 6) is -1.26. The Hall–Kier alpha value is -3.16. The number of benzene rings is 2. The fraction of sp³-hybridized carbons (Fsp3) is 0.333. The molecule has 2 aliphatic heterocycles. The van der Waals surface area contributed by atoms with Gasteiger partial charge in [-0.1, -0.05) is 0 Å². The molecule has 6 nitrogen and oxygen atoms in total. The minimum atomic E-state index is -0.881. The molecule has 152 valence electrons. The predicted octanol–water partition coefficient (Wildman–Crippen LogP) is 3.23. The van der Waals surface area contributed by atoms with Gasteiger partial charge in [0.15, 0.2) is 11.5 Å². The molecule has 1 fully saturated rings. The summed E-state index contributed by atoms with van der Waals surface area (Å²) in [6.45, 7) is 1.62. The summed E-state index contributed by atoms with van der Waals surface area (Å²) < 4.78 is 37.9. The first kappa shape index (κ1) is 19.2. The standard InChI is InChI=1S/C21H20F2N2O4/c22-14-1-3-16(17(23)11-14)21(27)25-7-5-13(6-8-25)20(26)24-15-2-4-18-19(12-15)29-10-9-28-18/h1-4,11-13H,5-10H2,(H,24,26). The first-order valence-corrected chi connectivity index (χ1v) is 9.46. The normalized spacial score (nSPS) is 16.4. The van der Waals surface area contributed by atoms with E-state index in [9.17, 15) is 18.4 Å². The Bertz CT molecular complexity index is 942. The number of nitrogens with zero attached hydrogens (tertiary/aromatic N) is 1. The summed E-state index contributed by atoms with van der Waals surface area (Å²) in [6.07, 6.45) is 0.926. The largest absolute Gasteiger partial charge is 0.486 e. The second-order valence-corrected chi connectivity index (χ2v) is 7.04. The van der Waals surface area contributed by atoms with Gasteiger partial charge in [0.25, 0.3) is 5.91 Å². The molecule has 0 spiro atoms. The smallest absolute Gasteiger partial charge is 0.256 e. The van der Waals surface area contributed by atoms with Crippen LogP contribution in [0, 0.1) is 17.6 Å². The van der Waals surface area contributed by atoms with Crippen LogP contribution in [0.25, 0.3) is 0 Å². The number of rotatable bonds is 3. The van der Waals surface area contributed by atoms with Crippen LogP contribution in [0.1, 0.15) is 23.2 Å². The van der Waals surface area contributed by atoms with E-state index in [4.69, 9.17) is 9.47 Å². The Balaban J connectivity index is 1.34. The summed E-state index contributed by atoms with van der Waals surface area (Å²) in [7, 11) is 0. The molecule has 29 heavy (non-hydrogen) atoms. The highest BCUT2D eigenvalue weighted by atomic mass is 19.1. The second kappa shape index (κ2) is 8.06. The van der Waals surface area contributed by atoms with Crippen molar-refractivity contribution in [3.8, 4) is 11.5 Å². The Morgan fingerprint density at radius 3 is 2.41 bits per heavy atom. The van der Waals surface area contributed by atoms with Gasteiger partial charge in [-0.3, -0.25) is 9.59 Å². The van der Waals surface area contributed by atoms with E-state index in [2.05, 4.69) is 5.32 Å². The molecule has 0 atom stereocenters. The number of nitrogens with one attached hydrogen (secondary N) is 1. The van der Waals surface area contributed by atoms with Crippen LogP contribution in [-0.2, 0) is 4.79 Å². The molecule has 1 saturated heterocycles. The lowest BCUT2D eigenvalue weighted by Gasteiger charge is -2.31. The summed E-state index contributed by atoms with van der Waals surface area (Å²) >= 11 is 0. The molecule has 1 N–H and O–H groups in total. The van der Waals surface area contributed by atoms with Crippen molar-refractivity contribution in [3.05, 3.63) is 53.6 Å². The number of hydrogen-bond donors (Lipinski definition) is 1. The van der Waals surface area contributed by atoms with Crippen molar-refractivity contribution in [2.45, 2.75) is 12.8 Å². The van der Waals surface area contributed by atoms with Crippen LogP contribution in [0.15, 0.2) is 36.4 Å². The summed E-state index contributed by atoms with van der Waals surface area (Å²) in [4.78, 5) is 26.5. The van der Waals surface area contributed by atoms with Gasteiger partial charge in [-0.25, -0.2) is 8.78 Å². The van der Waals surface area contributed by atoms with Gasteiger partial charge < -0.3 is 19.7 Å². The Kier molecular flexibility index (Phi) is 5.33. The van der Waals surface area contributed by atoms with Crippen molar-refractivity contribution in [1.82, 2.24) is 4.90 Å². The van der Waals surface area contributed by atoms with Crippen molar-refractivity contribution in [2.24, 2.45) is 5.92 Å². The molecule has 0 unspecified atom stereocenters. The highest BCUT2D eigenvalue weighted by molar-refractivity contribution is 5.95. The van der Waals surface area contributed by atoms with E-state index < -0.39 is 17.5 Å². The van der Waals surface area contributed by atoms with Crippen LogP contribution >= 0.6 is 0 Å². The quantitative estimate of drug-likeness (QED) is 0.856. The lowest BCUT2D eigenvalue weighted by atomic mass is 9.95. The van der Waals surface area contributed by atoms with E-state index in [-0.39, 0.29) is 17.4 Å². The number of carbonyl (C=O) groups is 2. The second-order valence-electron chi connectivity index (χ2n) is 7.04. The molecule has 4 rings (SSSR count). The molecule has 0 saturated carbocycles. The molecule has 8 heteroatoms. The lowest BCUT2D eigenvalue weighted by Crippen LogP contribution is -2.41. The van der Waals surface area contributed by atoms with Gasteiger partial charge in [0, 0.05) is 36.8 Å². The SMILES string of the molecule is O=C(Nc1ccc2c(c1)OCCO2)C1CCN(C(=O)c2ccc(F)cc2F)CC1. The molecule has 0 aromatic heterocycles. The number of likely N-dealkylation sites (tertiary alicyclic amines) is 1. The van der Waals surface area contributed by atoms with Gasteiger partial charge in [-0.15, -0.1) is 0 Å². The highest BCUT2D eigenvalue weighted by Crippen LogP contribution is 2.33. The number of amides is 2. The zero-order valence-electron chi connectivity index (χ0n) is 15.6. The average Bonchev–Trinajstić information content (AvgIpc) is 2.73. The van der Waals surface area contributed by atoms with Crippen LogP contribution in [0.5, 0.6) is 11.5 Å². The molecule has 2 aromatic carbocycles. The predicted molar refractivity (Wildman–Crippen MR) is 101 cm³/mol. The first-order valence-electron chi connectivity index (χ1n) is 9.46. The molecule has 0 radical (unpaired) electrons. The van der Waals surface area contributed by atoms with Gasteiger partial charge in [0.1, 0.15) is 24.8 Å². The van der Waals surface area contributed by atoms with Crippen LogP contribution in [-0.4, -0.2) is 43.0 Å². The Morgan fingerprint density at radius 1 is 0.966 bits per heavy atom. The molecule has 2 amide bonds. The first-order chi connectivity index (χ1) is 14.0. The molecule has 2 aliphatic rings. The van der Waals surface area contributed by atoms with Crippen molar-refractivity contribution >= 4 is 17.5 Å². The van der Waals surface area contributed by atoms with Crippen LogP contribution < -0.4 is 14.8 Å². The number of carbonyl (C=O) groups excluding carboxylic acids is 2. The molecule has 0 bridgehead atoms. The topological polar surface area (TPSA) is 67.9 Å². The lowest BCUT2D eigenvalue weighted by molar-refractivity contribution is -0.121. The number of anilines is 1. The monoisotopic (exact) mass is 402 g/mol. The van der Waals surface area contributed by atoms with Gasteiger partial charge in [0.05, 0.1) is 5.56 Å². The highest BCUT2D eigenvalue weighted by Gasteiger charge is 2.29. The summed E-state index contributed by atoms with van der Waals surface area (Å²) in [5.41, 5.74) is 0.455. The van der Waals surface area contributed by atoms with E-state index in [1.165, 1.54) is 4.90 Å². The van der Waals surface area contributed by atoms with E-state index >= 15 is 0 Å². The zero-order chi connectivity index (χ0) is 20.4.